The van der Waals surface area contributed by atoms with Crippen LogP contribution in [-0.2, 0) is 23.0 Å². The molecule has 1 heterocycles. The van der Waals surface area contributed by atoms with Gasteiger partial charge in [0.15, 0.2) is 5.78 Å². The van der Waals surface area contributed by atoms with Gasteiger partial charge in [-0.2, -0.15) is 0 Å². The molecule has 0 radical (unpaired) electrons. The molecule has 6 nitrogen and oxygen atoms in total. The first-order valence-corrected chi connectivity index (χ1v) is 36.0. The van der Waals surface area contributed by atoms with Gasteiger partial charge in [0.2, 0.25) is 0 Å². The number of halogens is 1. The Balaban J connectivity index is 0.00000113. The van der Waals surface area contributed by atoms with Crippen molar-refractivity contribution in [2.75, 3.05) is 45.8 Å². The van der Waals surface area contributed by atoms with Gasteiger partial charge in [-0.25, -0.2) is 0 Å². The molecule has 0 amide bonds. The van der Waals surface area contributed by atoms with Gasteiger partial charge in [-0.15, -0.1) is 6.67 Å². The van der Waals surface area contributed by atoms with Crippen molar-refractivity contribution in [1.29, 1.82) is 0 Å². The van der Waals surface area contributed by atoms with Gasteiger partial charge in [0.1, 0.15) is 0 Å². The molecule has 0 saturated carbocycles. The number of carbonyl (C=O) groups is 1. The standard InChI is InChI=1S/C83H87N4.C5H8O2.ClH.Pd/c1-60(2)55-86(56-61(3)4)72-51-74(78(64-33-17-9-18-34-64)65-35-19-10-20-36-65)82(75(52-72)79(66-37-21-11-22-38-66)67-39-23-12-24-40-67)84-49-50-85(59-84)83-76(80(68-41-25-13-26-42-68)69-43-27-14-28-44-69)53-73(87(57-62(5)6)58-63(7)8)54-77(83)81(70-45-29-15-30-46-70)71-47-31-16-32-48-71;1-4(6)3-5(2)7;;/h9-54,59-63,78-81H,55-58H2,1-8H3;3,6H,1-2H3;1H;/q-1;;;+2/p-1. The zero-order valence-corrected chi connectivity index (χ0v) is 59.8. The SMILES string of the molecule is CC(=O)C=C(C)O.CC(C)CN(CC(C)C)c1cc(C(c2ccccc2)c2ccccc2)c(N2C=CN(c3c(C(c4ccccc4)c4ccccc4)cc(N(CC(C)C)CC(C)C)cc3C(c3ccccc3)c3ccccc3)[CH-]2)c(C(c2ccccc2)c2ccccc2)c1.[Cl][Pd+]. The molecular formula is C88H95ClN4O2Pd. The van der Waals surface area contributed by atoms with Gasteiger partial charge in [-0.3, -0.25) is 4.79 Å². The Labute approximate surface area is 589 Å². The molecule has 0 aliphatic carbocycles. The molecule has 96 heavy (non-hydrogen) atoms. The number of benzene rings is 10. The van der Waals surface area contributed by atoms with Crippen molar-refractivity contribution in [3.05, 3.63) is 365 Å². The Bertz CT molecular complexity index is 3400. The maximum atomic E-state index is 10.0. The van der Waals surface area contributed by atoms with Gasteiger partial charge in [0.25, 0.3) is 0 Å². The van der Waals surface area contributed by atoms with E-state index < -0.39 is 0 Å². The molecule has 0 fully saturated rings. The predicted molar refractivity (Wildman–Crippen MR) is 403 cm³/mol. The maximum absolute atomic E-state index is 10.0. The fraction of sp³-hybridized carbons (Fsp3) is 0.250. The summed E-state index contributed by atoms with van der Waals surface area (Å²) in [6.45, 7) is 27.9. The van der Waals surface area contributed by atoms with E-state index in [9.17, 15) is 4.79 Å². The molecule has 496 valence electrons. The van der Waals surface area contributed by atoms with Crippen LogP contribution in [-0.4, -0.2) is 37.1 Å². The number of ketones is 1. The number of allylic oxidation sites excluding steroid dienone is 2. The normalized spacial score (nSPS) is 12.3. The summed E-state index contributed by atoms with van der Waals surface area (Å²) in [6.07, 6.45) is 5.88. The molecule has 0 bridgehead atoms. The average Bonchev–Trinajstić information content (AvgIpc) is 1.19. The van der Waals surface area contributed by atoms with Crippen LogP contribution in [0.4, 0.5) is 22.7 Å². The topological polar surface area (TPSA) is 50.3 Å². The summed E-state index contributed by atoms with van der Waals surface area (Å²) in [5, 5.41) is 8.36. The predicted octanol–water partition coefficient (Wildman–Crippen LogP) is 22.3. The van der Waals surface area contributed by atoms with Gasteiger partial charge in [-0.05, 0) is 141 Å². The van der Waals surface area contributed by atoms with Crippen molar-refractivity contribution in [2.24, 2.45) is 23.7 Å². The second-order valence-electron chi connectivity index (χ2n) is 27.0. The Morgan fingerprint density at radius 1 is 0.375 bits per heavy atom. The zero-order valence-electron chi connectivity index (χ0n) is 57.5. The van der Waals surface area contributed by atoms with E-state index in [-0.39, 0.29) is 35.2 Å². The summed E-state index contributed by atoms with van der Waals surface area (Å²) in [5.41, 5.74) is 19.8. The molecular weight excluding hydrogens is 1290 g/mol. The minimum absolute atomic E-state index is 0.0625. The van der Waals surface area contributed by atoms with Crippen LogP contribution in [0.1, 0.15) is 160 Å². The molecule has 11 rings (SSSR count). The van der Waals surface area contributed by atoms with Crippen molar-refractivity contribution in [3.63, 3.8) is 0 Å². The Hall–Kier alpha value is -8.70. The van der Waals surface area contributed by atoms with Crippen LogP contribution in [0.3, 0.4) is 0 Å². The molecule has 0 saturated heterocycles. The Morgan fingerprint density at radius 3 is 0.708 bits per heavy atom. The number of aliphatic hydroxyl groups is 1. The van der Waals surface area contributed by atoms with Gasteiger partial charge < -0.3 is 24.7 Å². The third kappa shape index (κ3) is 18.6. The number of hydrogen-bond donors (Lipinski definition) is 1. The summed E-state index contributed by atoms with van der Waals surface area (Å²) in [7, 11) is 4.49. The third-order valence-corrected chi connectivity index (χ3v) is 17.3. The molecule has 1 N–H and O–H groups in total. The van der Waals surface area contributed by atoms with Crippen LogP contribution in [0.2, 0.25) is 0 Å². The van der Waals surface area contributed by atoms with Crippen molar-refractivity contribution in [1.82, 2.24) is 0 Å². The number of hydrogen-bond acceptors (Lipinski definition) is 6. The Morgan fingerprint density at radius 2 is 0.562 bits per heavy atom. The van der Waals surface area contributed by atoms with Crippen LogP contribution >= 0.6 is 9.53 Å². The number of anilines is 4. The molecule has 0 atom stereocenters. The molecule has 10 aromatic carbocycles. The van der Waals surface area contributed by atoms with E-state index >= 15 is 0 Å². The van der Waals surface area contributed by atoms with Crippen LogP contribution in [0.25, 0.3) is 0 Å². The van der Waals surface area contributed by atoms with Crippen LogP contribution in [0.15, 0.2) is 291 Å². The number of aliphatic hydroxyl groups excluding tert-OH is 1. The van der Waals surface area contributed by atoms with Gasteiger partial charge in [-0.1, -0.05) is 298 Å². The molecule has 0 spiro atoms. The summed E-state index contributed by atoms with van der Waals surface area (Å²) < 4.78 is 0. The van der Waals surface area contributed by atoms with E-state index in [4.69, 9.17) is 5.11 Å². The third-order valence-electron chi connectivity index (χ3n) is 17.3. The molecule has 1 aliphatic heterocycles. The van der Waals surface area contributed by atoms with Crippen molar-refractivity contribution in [3.8, 4) is 0 Å². The second-order valence-corrected chi connectivity index (χ2v) is 27.0. The number of nitrogens with zero attached hydrogens (tertiary/aromatic N) is 4. The fourth-order valence-corrected chi connectivity index (χ4v) is 13.8. The van der Waals surface area contributed by atoms with Crippen molar-refractivity contribution in [2.45, 2.75) is 92.9 Å². The van der Waals surface area contributed by atoms with E-state index in [1.807, 2.05) is 0 Å². The van der Waals surface area contributed by atoms with Gasteiger partial charge in [0.05, 0.1) is 5.76 Å². The first-order chi connectivity index (χ1) is 46.6. The summed E-state index contributed by atoms with van der Waals surface area (Å²) in [4.78, 5) is 20.3. The first-order valence-electron chi connectivity index (χ1n) is 34.0. The molecule has 10 aromatic rings. The summed E-state index contributed by atoms with van der Waals surface area (Å²) in [6, 6.07) is 100. The minimum atomic E-state index is -0.125. The van der Waals surface area contributed by atoms with Gasteiger partial charge in [0, 0.05) is 78.7 Å². The van der Waals surface area contributed by atoms with E-state index in [0.29, 0.717) is 23.7 Å². The van der Waals surface area contributed by atoms with Crippen molar-refractivity contribution < 1.29 is 28.1 Å². The zero-order chi connectivity index (χ0) is 68.1. The van der Waals surface area contributed by atoms with Gasteiger partial charge >= 0.3 is 27.7 Å². The molecule has 1 aliphatic rings. The van der Waals surface area contributed by atoms with Crippen LogP contribution in [0, 0.1) is 30.3 Å². The van der Waals surface area contributed by atoms with E-state index in [1.54, 1.807) is 0 Å². The molecule has 0 unspecified atom stereocenters. The summed E-state index contributed by atoms with van der Waals surface area (Å²) in [5.74, 6) is 1.23. The Kier molecular flexibility index (Phi) is 26.4. The van der Waals surface area contributed by atoms with E-state index in [0.717, 1.165) is 26.2 Å². The van der Waals surface area contributed by atoms with Crippen LogP contribution in [0.5, 0.6) is 0 Å². The van der Waals surface area contributed by atoms with Crippen molar-refractivity contribution >= 4 is 38.1 Å². The second kappa shape index (κ2) is 35.3. The average molecular weight is 1380 g/mol. The number of carbonyl (C=O) groups excluding carboxylic acids is 1. The monoisotopic (exact) mass is 1380 g/mol. The molecule has 8 heteroatoms. The summed E-state index contributed by atoms with van der Waals surface area (Å²) >= 11 is 2.22. The van der Waals surface area contributed by atoms with E-state index in [1.165, 1.54) is 109 Å². The van der Waals surface area contributed by atoms with E-state index in [2.05, 4.69) is 389 Å². The number of rotatable bonds is 25. The molecule has 0 aromatic heterocycles. The van der Waals surface area contributed by atoms with Crippen LogP contribution < -0.4 is 19.6 Å². The first kappa shape index (κ1) is 71.6. The quantitative estimate of drug-likeness (QED) is 0.0202. The fourth-order valence-electron chi connectivity index (χ4n) is 13.8.